The van der Waals surface area contributed by atoms with Crippen LogP contribution in [-0.2, 0) is 4.79 Å². The van der Waals surface area contributed by atoms with Crippen molar-refractivity contribution in [2.45, 2.75) is 25.2 Å². The molecule has 0 aliphatic rings. The molecule has 0 saturated carbocycles. The number of Topliss-reactive ketones (excluding diaryl/α,β-unsaturated/α-hetero) is 1. The summed E-state index contributed by atoms with van der Waals surface area (Å²) in [6.45, 7) is 1.50. The van der Waals surface area contributed by atoms with Crippen LogP contribution in [0.5, 0.6) is 0 Å². The van der Waals surface area contributed by atoms with Crippen LogP contribution < -0.4 is 0 Å². The molecule has 0 saturated heterocycles. The molecule has 0 aromatic heterocycles. The van der Waals surface area contributed by atoms with Gasteiger partial charge in [0, 0.05) is 24.5 Å². The van der Waals surface area contributed by atoms with E-state index in [1.807, 2.05) is 30.3 Å². The molecular weight excluding hydrogens is 292 g/mol. The van der Waals surface area contributed by atoms with Crippen LogP contribution in [0.4, 0.5) is 5.69 Å². The van der Waals surface area contributed by atoms with Crippen LogP contribution in [0.2, 0.25) is 0 Å². The zero-order valence-corrected chi connectivity index (χ0v) is 12.7. The average Bonchev–Trinajstić information content (AvgIpc) is 2.55. The first-order chi connectivity index (χ1) is 11.0. The van der Waals surface area contributed by atoms with Crippen molar-refractivity contribution in [3.63, 3.8) is 0 Å². The summed E-state index contributed by atoms with van der Waals surface area (Å²) in [7, 11) is 0. The summed E-state index contributed by atoms with van der Waals surface area (Å²) in [5.74, 6) is -0.816. The summed E-state index contributed by atoms with van der Waals surface area (Å²) in [5.41, 5.74) is 1.56. The minimum Gasteiger partial charge on any atom is -0.300 e. The number of rotatable bonds is 6. The number of carbonyl (C=O) groups excluding carboxylic acids is 1. The Morgan fingerprint density at radius 2 is 1.74 bits per heavy atom. The summed E-state index contributed by atoms with van der Waals surface area (Å²) < 4.78 is 0. The molecule has 0 aliphatic carbocycles. The molecule has 2 unspecified atom stereocenters. The van der Waals surface area contributed by atoms with Gasteiger partial charge >= 0.3 is 0 Å². The minimum atomic E-state index is -0.540. The van der Waals surface area contributed by atoms with E-state index in [1.54, 1.807) is 12.1 Å². The number of carbonyl (C=O) groups is 1. The van der Waals surface area contributed by atoms with E-state index in [4.69, 9.17) is 0 Å². The Morgan fingerprint density at radius 3 is 2.22 bits per heavy atom. The molecule has 0 amide bonds. The molecule has 0 heterocycles. The molecule has 0 fully saturated rings. The van der Waals surface area contributed by atoms with Gasteiger partial charge in [-0.15, -0.1) is 0 Å². The molecule has 2 aromatic rings. The molecule has 0 radical (unpaired) electrons. The Bertz CT molecular complexity index is 733. The highest BCUT2D eigenvalue weighted by molar-refractivity contribution is 5.76. The van der Waals surface area contributed by atoms with Crippen LogP contribution >= 0.6 is 0 Å². The van der Waals surface area contributed by atoms with Crippen molar-refractivity contribution in [3.05, 3.63) is 75.8 Å². The Balaban J connectivity index is 2.40. The second-order valence-electron chi connectivity index (χ2n) is 5.38. The Hall–Kier alpha value is -3.00. The monoisotopic (exact) mass is 308 g/mol. The standard InChI is InChI=1S/C18H16N2O3/c1-13(21)11-17(14-5-3-2-4-6-14)18(12-19)15-7-9-16(10-8-15)20(22)23/h2-10,17-18H,11H2,1H3. The van der Waals surface area contributed by atoms with E-state index in [2.05, 4.69) is 6.07 Å². The Kier molecular flexibility index (Phi) is 5.21. The van der Waals surface area contributed by atoms with Gasteiger partial charge in [0.25, 0.3) is 5.69 Å². The van der Waals surface area contributed by atoms with Gasteiger partial charge in [-0.05, 0) is 18.1 Å². The van der Waals surface area contributed by atoms with Gasteiger partial charge in [-0.1, -0.05) is 42.5 Å². The van der Waals surface area contributed by atoms with Crippen LogP contribution in [0.1, 0.15) is 36.3 Å². The summed E-state index contributed by atoms with van der Waals surface area (Å²) in [5, 5.41) is 20.4. The molecule has 2 atom stereocenters. The van der Waals surface area contributed by atoms with Crippen molar-refractivity contribution in [1.29, 1.82) is 5.26 Å². The number of benzene rings is 2. The van der Waals surface area contributed by atoms with Crippen molar-refractivity contribution in [1.82, 2.24) is 0 Å². The van der Waals surface area contributed by atoms with E-state index in [1.165, 1.54) is 19.1 Å². The zero-order chi connectivity index (χ0) is 16.8. The maximum atomic E-state index is 11.6. The van der Waals surface area contributed by atoms with Crippen molar-refractivity contribution in [2.75, 3.05) is 0 Å². The van der Waals surface area contributed by atoms with E-state index in [0.29, 0.717) is 5.56 Å². The summed E-state index contributed by atoms with van der Waals surface area (Å²) >= 11 is 0. The van der Waals surface area contributed by atoms with Gasteiger partial charge in [0.2, 0.25) is 0 Å². The molecule has 0 aliphatic heterocycles. The lowest BCUT2D eigenvalue weighted by Gasteiger charge is -2.22. The third kappa shape index (κ3) is 4.01. The van der Waals surface area contributed by atoms with Crippen molar-refractivity contribution < 1.29 is 9.72 Å². The third-order valence-electron chi connectivity index (χ3n) is 3.74. The molecular formula is C18H16N2O3. The SMILES string of the molecule is CC(=O)CC(c1ccccc1)C(C#N)c1ccc([N+](=O)[O-])cc1. The van der Waals surface area contributed by atoms with Gasteiger partial charge in [-0.3, -0.25) is 10.1 Å². The average molecular weight is 308 g/mol. The number of nitrogens with zero attached hydrogens (tertiary/aromatic N) is 2. The molecule has 2 aromatic carbocycles. The number of ketones is 1. The third-order valence-corrected chi connectivity index (χ3v) is 3.74. The molecule has 0 N–H and O–H groups in total. The van der Waals surface area contributed by atoms with Crippen LogP contribution in [0.25, 0.3) is 0 Å². The highest BCUT2D eigenvalue weighted by Crippen LogP contribution is 2.36. The first kappa shape index (κ1) is 16.4. The lowest BCUT2D eigenvalue weighted by Crippen LogP contribution is -2.13. The predicted molar refractivity (Wildman–Crippen MR) is 85.9 cm³/mol. The maximum Gasteiger partial charge on any atom is 0.269 e. The number of hydrogen-bond acceptors (Lipinski definition) is 4. The van der Waals surface area contributed by atoms with Crippen LogP contribution in [0.3, 0.4) is 0 Å². The number of nitro benzene ring substituents is 1. The summed E-state index contributed by atoms with van der Waals surface area (Å²) in [6, 6.07) is 17.6. The molecule has 116 valence electrons. The van der Waals surface area contributed by atoms with Crippen LogP contribution in [-0.4, -0.2) is 10.7 Å². The molecule has 2 rings (SSSR count). The first-order valence-electron chi connectivity index (χ1n) is 7.21. The van der Waals surface area contributed by atoms with E-state index < -0.39 is 10.8 Å². The van der Waals surface area contributed by atoms with Gasteiger partial charge < -0.3 is 4.79 Å². The van der Waals surface area contributed by atoms with E-state index in [0.717, 1.165) is 5.56 Å². The number of nitro groups is 1. The van der Waals surface area contributed by atoms with Crippen molar-refractivity contribution >= 4 is 11.5 Å². The maximum absolute atomic E-state index is 11.6. The lowest BCUT2D eigenvalue weighted by molar-refractivity contribution is -0.384. The van der Waals surface area contributed by atoms with Gasteiger partial charge in [0.05, 0.1) is 16.9 Å². The van der Waals surface area contributed by atoms with Crippen molar-refractivity contribution in [2.24, 2.45) is 0 Å². The van der Waals surface area contributed by atoms with Gasteiger partial charge in [-0.25, -0.2) is 0 Å². The van der Waals surface area contributed by atoms with Gasteiger partial charge in [0.15, 0.2) is 0 Å². The zero-order valence-electron chi connectivity index (χ0n) is 12.7. The fourth-order valence-electron chi connectivity index (χ4n) is 2.64. The second-order valence-corrected chi connectivity index (χ2v) is 5.38. The van der Waals surface area contributed by atoms with E-state index >= 15 is 0 Å². The second kappa shape index (κ2) is 7.32. The highest BCUT2D eigenvalue weighted by Gasteiger charge is 2.26. The molecule has 0 bridgehead atoms. The number of non-ortho nitro benzene ring substituents is 1. The van der Waals surface area contributed by atoms with Gasteiger partial charge in [0.1, 0.15) is 5.78 Å². The van der Waals surface area contributed by atoms with E-state index in [-0.39, 0.29) is 23.8 Å². The van der Waals surface area contributed by atoms with Crippen molar-refractivity contribution in [3.8, 4) is 6.07 Å². The summed E-state index contributed by atoms with van der Waals surface area (Å²) in [6.07, 6.45) is 0.249. The van der Waals surface area contributed by atoms with E-state index in [9.17, 15) is 20.2 Å². The smallest absolute Gasteiger partial charge is 0.269 e. The summed E-state index contributed by atoms with van der Waals surface area (Å²) in [4.78, 5) is 21.9. The van der Waals surface area contributed by atoms with Crippen LogP contribution in [0, 0.1) is 21.4 Å². The fourth-order valence-corrected chi connectivity index (χ4v) is 2.64. The molecule has 5 heteroatoms. The molecule has 0 spiro atoms. The Labute approximate surface area is 134 Å². The molecule has 5 nitrogen and oxygen atoms in total. The first-order valence-corrected chi connectivity index (χ1v) is 7.21. The number of hydrogen-bond donors (Lipinski definition) is 0. The largest absolute Gasteiger partial charge is 0.300 e. The number of nitriles is 1. The van der Waals surface area contributed by atoms with Crippen LogP contribution in [0.15, 0.2) is 54.6 Å². The topological polar surface area (TPSA) is 84.0 Å². The van der Waals surface area contributed by atoms with Gasteiger partial charge in [-0.2, -0.15) is 5.26 Å². The highest BCUT2D eigenvalue weighted by atomic mass is 16.6. The predicted octanol–water partition coefficient (Wildman–Crippen LogP) is 3.96. The fraction of sp³-hybridized carbons (Fsp3) is 0.222. The Morgan fingerprint density at radius 1 is 1.13 bits per heavy atom. The molecule has 23 heavy (non-hydrogen) atoms. The normalized spacial score (nSPS) is 12.9. The quantitative estimate of drug-likeness (QED) is 0.597. The lowest BCUT2D eigenvalue weighted by atomic mass is 9.79. The minimum absolute atomic E-state index is 0.000940.